The molecule has 1 rings (SSSR count). The third-order valence-corrected chi connectivity index (χ3v) is 3.23. The van der Waals surface area contributed by atoms with Crippen LogP contribution in [0.2, 0.25) is 5.02 Å². The van der Waals surface area contributed by atoms with Crippen molar-refractivity contribution in [3.05, 3.63) is 34.6 Å². The summed E-state index contributed by atoms with van der Waals surface area (Å²) in [6, 6.07) is 4.70. The summed E-state index contributed by atoms with van der Waals surface area (Å²) in [5.74, 6) is 0.351. The van der Waals surface area contributed by atoms with Crippen LogP contribution in [0.4, 0.5) is 4.39 Å². The molecule has 0 aliphatic rings. The second-order valence-electron chi connectivity index (χ2n) is 4.31. The summed E-state index contributed by atoms with van der Waals surface area (Å²) in [7, 11) is 0. The van der Waals surface area contributed by atoms with E-state index < -0.39 is 0 Å². The maximum absolute atomic E-state index is 12.9. The van der Waals surface area contributed by atoms with E-state index in [0.717, 1.165) is 18.5 Å². The molecule has 0 aliphatic carbocycles. The smallest absolute Gasteiger partial charge is 0.124 e. The predicted molar refractivity (Wildman–Crippen MR) is 67.3 cm³/mol. The third-order valence-electron chi connectivity index (χ3n) is 2.90. The van der Waals surface area contributed by atoms with Crippen LogP contribution in [0.5, 0.6) is 0 Å². The molecule has 0 radical (unpaired) electrons. The zero-order chi connectivity index (χ0) is 12.1. The largest absolute Gasteiger partial charge is 0.310 e. The Kier molecular flexibility index (Phi) is 5.23. The first-order valence-electron chi connectivity index (χ1n) is 5.73. The minimum absolute atomic E-state index is 0.155. The first-order valence-corrected chi connectivity index (χ1v) is 6.10. The monoisotopic (exact) mass is 243 g/mol. The Morgan fingerprint density at radius 3 is 2.62 bits per heavy atom. The van der Waals surface area contributed by atoms with Gasteiger partial charge in [-0.05, 0) is 37.1 Å². The highest BCUT2D eigenvalue weighted by Gasteiger charge is 2.10. The van der Waals surface area contributed by atoms with Crippen molar-refractivity contribution in [3.63, 3.8) is 0 Å². The van der Waals surface area contributed by atoms with Gasteiger partial charge in [0.25, 0.3) is 0 Å². The molecule has 0 aromatic heterocycles. The molecular formula is C13H19ClFN. The van der Waals surface area contributed by atoms with Gasteiger partial charge in [0.2, 0.25) is 0 Å². The molecular weight excluding hydrogens is 225 g/mol. The maximum Gasteiger partial charge on any atom is 0.124 e. The maximum atomic E-state index is 12.9. The summed E-state index contributed by atoms with van der Waals surface area (Å²) in [5.41, 5.74) is 0.950. The fourth-order valence-corrected chi connectivity index (χ4v) is 1.82. The average molecular weight is 244 g/mol. The van der Waals surface area contributed by atoms with E-state index in [4.69, 9.17) is 11.6 Å². The summed E-state index contributed by atoms with van der Waals surface area (Å²) in [5, 5.41) is 3.89. The van der Waals surface area contributed by atoms with E-state index in [9.17, 15) is 4.39 Å². The van der Waals surface area contributed by atoms with Gasteiger partial charge >= 0.3 is 0 Å². The fourth-order valence-electron chi connectivity index (χ4n) is 1.48. The van der Waals surface area contributed by atoms with Gasteiger partial charge in [-0.3, -0.25) is 0 Å². The number of halogens is 2. The van der Waals surface area contributed by atoms with E-state index in [2.05, 4.69) is 19.2 Å². The van der Waals surface area contributed by atoms with E-state index in [1.165, 1.54) is 12.1 Å². The lowest BCUT2D eigenvalue weighted by Crippen LogP contribution is -2.24. The predicted octanol–water partition coefficient (Wildman–Crippen LogP) is 4.18. The molecule has 1 nitrogen and oxygen atoms in total. The van der Waals surface area contributed by atoms with Crippen LogP contribution >= 0.6 is 11.6 Å². The summed E-state index contributed by atoms with van der Waals surface area (Å²) >= 11 is 5.99. The number of benzene rings is 1. The molecule has 2 unspecified atom stereocenters. The van der Waals surface area contributed by atoms with E-state index in [1.807, 2.05) is 6.92 Å². The van der Waals surface area contributed by atoms with Crippen molar-refractivity contribution in [2.24, 2.45) is 5.92 Å². The van der Waals surface area contributed by atoms with E-state index in [-0.39, 0.29) is 11.9 Å². The van der Waals surface area contributed by atoms with Crippen molar-refractivity contribution in [2.75, 3.05) is 6.54 Å². The summed E-state index contributed by atoms with van der Waals surface area (Å²) in [6.45, 7) is 7.36. The number of rotatable bonds is 5. The molecule has 0 amide bonds. The normalized spacial score (nSPS) is 14.8. The van der Waals surface area contributed by atoms with Gasteiger partial charge in [0.05, 0.1) is 0 Å². The second kappa shape index (κ2) is 6.21. The first-order chi connectivity index (χ1) is 7.54. The Morgan fingerprint density at radius 1 is 1.38 bits per heavy atom. The minimum atomic E-state index is -0.289. The molecule has 0 heterocycles. The van der Waals surface area contributed by atoms with Crippen LogP contribution in [0.25, 0.3) is 0 Å². The minimum Gasteiger partial charge on any atom is -0.310 e. The standard InChI is InChI=1S/C13H19ClFN/c1-4-9(2)8-16-10(3)12-6-5-11(15)7-13(12)14/h5-7,9-10,16H,4,8H2,1-3H3. The molecule has 3 heteroatoms. The zero-order valence-electron chi connectivity index (χ0n) is 10.1. The lowest BCUT2D eigenvalue weighted by atomic mass is 10.1. The van der Waals surface area contributed by atoms with Crippen LogP contribution in [0.15, 0.2) is 18.2 Å². The fraction of sp³-hybridized carbons (Fsp3) is 0.538. The SMILES string of the molecule is CCC(C)CNC(C)c1ccc(F)cc1Cl. The number of nitrogens with one attached hydrogen (secondary N) is 1. The van der Waals surface area contributed by atoms with Crippen molar-refractivity contribution in [3.8, 4) is 0 Å². The average Bonchev–Trinajstić information content (AvgIpc) is 2.25. The Labute approximate surface area is 102 Å². The Hall–Kier alpha value is -0.600. The van der Waals surface area contributed by atoms with Crippen LogP contribution in [0.1, 0.15) is 38.8 Å². The molecule has 0 spiro atoms. The van der Waals surface area contributed by atoms with Gasteiger partial charge in [0.1, 0.15) is 5.82 Å². The van der Waals surface area contributed by atoms with Gasteiger partial charge in [0.15, 0.2) is 0 Å². The molecule has 0 bridgehead atoms. The van der Waals surface area contributed by atoms with Crippen LogP contribution in [0, 0.1) is 11.7 Å². The molecule has 1 aromatic carbocycles. The van der Waals surface area contributed by atoms with Crippen molar-refractivity contribution in [2.45, 2.75) is 33.2 Å². The quantitative estimate of drug-likeness (QED) is 0.818. The van der Waals surface area contributed by atoms with E-state index >= 15 is 0 Å². The van der Waals surface area contributed by atoms with Gasteiger partial charge < -0.3 is 5.32 Å². The zero-order valence-corrected chi connectivity index (χ0v) is 10.8. The number of hydrogen-bond donors (Lipinski definition) is 1. The summed E-state index contributed by atoms with van der Waals surface area (Å²) < 4.78 is 12.9. The molecule has 0 fully saturated rings. The third kappa shape index (κ3) is 3.76. The van der Waals surface area contributed by atoms with Crippen LogP contribution in [0.3, 0.4) is 0 Å². The summed E-state index contributed by atoms with van der Waals surface area (Å²) in [4.78, 5) is 0. The Balaban J connectivity index is 2.62. The van der Waals surface area contributed by atoms with Crippen molar-refractivity contribution < 1.29 is 4.39 Å². The molecule has 90 valence electrons. The van der Waals surface area contributed by atoms with Crippen molar-refractivity contribution >= 4 is 11.6 Å². The lowest BCUT2D eigenvalue weighted by Gasteiger charge is -2.18. The van der Waals surface area contributed by atoms with Crippen LogP contribution in [-0.4, -0.2) is 6.54 Å². The van der Waals surface area contributed by atoms with E-state index in [0.29, 0.717) is 10.9 Å². The molecule has 0 aliphatic heterocycles. The van der Waals surface area contributed by atoms with Gasteiger partial charge in [-0.1, -0.05) is 37.9 Å². The second-order valence-corrected chi connectivity index (χ2v) is 4.72. The Morgan fingerprint density at radius 2 is 2.06 bits per heavy atom. The molecule has 1 aromatic rings. The Bertz CT molecular complexity index is 341. The van der Waals surface area contributed by atoms with Crippen molar-refractivity contribution in [1.29, 1.82) is 0 Å². The molecule has 1 N–H and O–H groups in total. The van der Waals surface area contributed by atoms with Gasteiger partial charge in [-0.15, -0.1) is 0 Å². The lowest BCUT2D eigenvalue weighted by molar-refractivity contribution is 0.460. The van der Waals surface area contributed by atoms with Crippen LogP contribution in [-0.2, 0) is 0 Å². The van der Waals surface area contributed by atoms with Gasteiger partial charge in [-0.2, -0.15) is 0 Å². The van der Waals surface area contributed by atoms with Crippen molar-refractivity contribution in [1.82, 2.24) is 5.32 Å². The summed E-state index contributed by atoms with van der Waals surface area (Å²) in [6.07, 6.45) is 1.15. The number of hydrogen-bond acceptors (Lipinski definition) is 1. The van der Waals surface area contributed by atoms with Gasteiger partial charge in [0, 0.05) is 11.1 Å². The first kappa shape index (κ1) is 13.5. The molecule has 16 heavy (non-hydrogen) atoms. The molecule has 2 atom stereocenters. The molecule has 0 saturated carbocycles. The van der Waals surface area contributed by atoms with E-state index in [1.54, 1.807) is 6.07 Å². The topological polar surface area (TPSA) is 12.0 Å². The van der Waals surface area contributed by atoms with Gasteiger partial charge in [-0.25, -0.2) is 4.39 Å². The highest BCUT2D eigenvalue weighted by Crippen LogP contribution is 2.23. The van der Waals surface area contributed by atoms with Crippen LogP contribution < -0.4 is 5.32 Å². The highest BCUT2D eigenvalue weighted by molar-refractivity contribution is 6.31. The highest BCUT2D eigenvalue weighted by atomic mass is 35.5. The molecule has 0 saturated heterocycles.